The number of hydrogen-bond donors (Lipinski definition) is 2. The molecule has 2 aromatic heterocycles. The summed E-state index contributed by atoms with van der Waals surface area (Å²) >= 11 is 0. The zero-order valence-corrected chi connectivity index (χ0v) is 13.1. The molecule has 7 heteroatoms. The van der Waals surface area contributed by atoms with Crippen LogP contribution < -0.4 is 10.2 Å². The summed E-state index contributed by atoms with van der Waals surface area (Å²) in [7, 11) is 1.83. The summed E-state index contributed by atoms with van der Waals surface area (Å²) < 4.78 is 0. The van der Waals surface area contributed by atoms with Crippen molar-refractivity contribution in [1.29, 1.82) is 0 Å². The maximum absolute atomic E-state index is 4.63. The molecular formula is C14H23N7. The summed E-state index contributed by atoms with van der Waals surface area (Å²) in [5, 5.41) is 11.0. The molecule has 2 N–H and O–H groups in total. The van der Waals surface area contributed by atoms with Gasteiger partial charge in [0.1, 0.15) is 5.82 Å². The molecule has 0 amide bonds. The van der Waals surface area contributed by atoms with Crippen LogP contribution in [0.2, 0.25) is 0 Å². The third-order valence-corrected chi connectivity index (χ3v) is 4.04. The van der Waals surface area contributed by atoms with Crippen molar-refractivity contribution in [2.24, 2.45) is 0 Å². The number of aromatic nitrogens is 4. The number of aromatic amines is 1. The molecule has 0 spiro atoms. The van der Waals surface area contributed by atoms with E-state index in [4.69, 9.17) is 0 Å². The van der Waals surface area contributed by atoms with Gasteiger partial charge in [-0.05, 0) is 20.8 Å². The fourth-order valence-electron chi connectivity index (χ4n) is 2.76. The molecule has 21 heavy (non-hydrogen) atoms. The monoisotopic (exact) mass is 289 g/mol. The molecule has 1 aliphatic heterocycles. The average molecular weight is 289 g/mol. The summed E-state index contributed by atoms with van der Waals surface area (Å²) in [4.78, 5) is 13.8. The van der Waals surface area contributed by atoms with E-state index < -0.39 is 0 Å². The highest BCUT2D eigenvalue weighted by atomic mass is 15.3. The molecule has 0 radical (unpaired) electrons. The number of rotatable bonds is 2. The summed E-state index contributed by atoms with van der Waals surface area (Å²) in [6.07, 6.45) is 1.81. The van der Waals surface area contributed by atoms with Crippen molar-refractivity contribution in [1.82, 2.24) is 25.1 Å². The van der Waals surface area contributed by atoms with Gasteiger partial charge in [-0.2, -0.15) is 15.1 Å². The minimum atomic E-state index is 0.221. The second-order valence-electron chi connectivity index (χ2n) is 6.40. The molecule has 0 atom stereocenters. The van der Waals surface area contributed by atoms with E-state index in [2.05, 4.69) is 56.1 Å². The number of nitrogens with one attached hydrogen (secondary N) is 2. The molecule has 114 valence electrons. The molecule has 0 unspecified atom stereocenters. The summed E-state index contributed by atoms with van der Waals surface area (Å²) in [5.74, 6) is 1.59. The Kier molecular flexibility index (Phi) is 3.44. The lowest BCUT2D eigenvalue weighted by molar-refractivity contribution is 0.128. The van der Waals surface area contributed by atoms with E-state index in [1.807, 2.05) is 7.05 Å². The first kappa shape index (κ1) is 14.1. The van der Waals surface area contributed by atoms with Crippen LogP contribution in [0.15, 0.2) is 6.20 Å². The Morgan fingerprint density at radius 1 is 1.14 bits per heavy atom. The third kappa shape index (κ3) is 2.65. The topological polar surface area (TPSA) is 73.0 Å². The summed E-state index contributed by atoms with van der Waals surface area (Å²) in [5.41, 5.74) is 1.00. The molecule has 3 rings (SSSR count). The fourth-order valence-corrected chi connectivity index (χ4v) is 2.76. The molecule has 0 saturated carbocycles. The lowest BCUT2D eigenvalue weighted by Gasteiger charge is -2.42. The zero-order chi connectivity index (χ0) is 15.0. The van der Waals surface area contributed by atoms with Gasteiger partial charge in [-0.3, -0.25) is 10.00 Å². The van der Waals surface area contributed by atoms with Crippen LogP contribution in [0.5, 0.6) is 0 Å². The van der Waals surface area contributed by atoms with Crippen molar-refractivity contribution in [3.05, 3.63) is 6.20 Å². The molecule has 3 heterocycles. The second-order valence-corrected chi connectivity index (χ2v) is 6.40. The Balaban J connectivity index is 1.86. The van der Waals surface area contributed by atoms with E-state index in [1.54, 1.807) is 6.20 Å². The number of anilines is 2. The molecule has 1 aliphatic rings. The SMILES string of the molecule is CNc1nc(N2CCN(C(C)(C)C)CC2)c2cn[nH]c2n1. The number of fused-ring (bicyclic) bond motifs is 1. The van der Waals surface area contributed by atoms with Crippen LogP contribution in [-0.4, -0.2) is 63.8 Å². The van der Waals surface area contributed by atoms with Gasteiger partial charge in [-0.15, -0.1) is 0 Å². The van der Waals surface area contributed by atoms with Gasteiger partial charge in [-0.25, -0.2) is 0 Å². The van der Waals surface area contributed by atoms with Gasteiger partial charge in [0.2, 0.25) is 5.95 Å². The van der Waals surface area contributed by atoms with E-state index in [0.717, 1.165) is 43.0 Å². The first-order valence-corrected chi connectivity index (χ1v) is 7.38. The van der Waals surface area contributed by atoms with E-state index >= 15 is 0 Å². The largest absolute Gasteiger partial charge is 0.357 e. The van der Waals surface area contributed by atoms with Crippen molar-refractivity contribution in [3.8, 4) is 0 Å². The Morgan fingerprint density at radius 2 is 1.86 bits per heavy atom. The van der Waals surface area contributed by atoms with Gasteiger partial charge in [0.25, 0.3) is 0 Å². The molecule has 0 aliphatic carbocycles. The molecule has 2 aromatic rings. The van der Waals surface area contributed by atoms with Gasteiger partial charge in [0.15, 0.2) is 5.65 Å². The standard InChI is InChI=1S/C14H23N7/c1-14(2,3)21-7-5-20(6-8-21)12-10-9-16-19-11(10)17-13(15-4)18-12/h9H,5-8H2,1-4H3,(H2,15,16,17,18,19). The van der Waals surface area contributed by atoms with E-state index in [0.29, 0.717) is 5.95 Å². The Hall–Kier alpha value is -1.89. The Bertz CT molecular complexity index is 620. The number of piperazine rings is 1. The van der Waals surface area contributed by atoms with Crippen LogP contribution in [0.4, 0.5) is 11.8 Å². The van der Waals surface area contributed by atoms with Gasteiger partial charge < -0.3 is 10.2 Å². The minimum Gasteiger partial charge on any atom is -0.357 e. The smallest absolute Gasteiger partial charge is 0.226 e. The lowest BCUT2D eigenvalue weighted by atomic mass is 10.0. The molecule has 7 nitrogen and oxygen atoms in total. The van der Waals surface area contributed by atoms with Crippen LogP contribution in [0.1, 0.15) is 20.8 Å². The average Bonchev–Trinajstić information content (AvgIpc) is 2.93. The molecular weight excluding hydrogens is 266 g/mol. The van der Waals surface area contributed by atoms with Crippen LogP contribution in [0.25, 0.3) is 11.0 Å². The predicted octanol–water partition coefficient (Wildman–Crippen LogP) is 1.32. The van der Waals surface area contributed by atoms with Crippen LogP contribution in [-0.2, 0) is 0 Å². The van der Waals surface area contributed by atoms with Crippen molar-refractivity contribution in [3.63, 3.8) is 0 Å². The second kappa shape index (κ2) is 5.14. The van der Waals surface area contributed by atoms with Gasteiger partial charge in [0, 0.05) is 38.8 Å². The van der Waals surface area contributed by atoms with Crippen molar-refractivity contribution < 1.29 is 0 Å². The first-order chi connectivity index (χ1) is 9.99. The molecule has 1 fully saturated rings. The highest BCUT2D eigenvalue weighted by Crippen LogP contribution is 2.26. The van der Waals surface area contributed by atoms with Gasteiger partial charge in [-0.1, -0.05) is 0 Å². The molecule has 0 aromatic carbocycles. The number of nitrogens with zero attached hydrogens (tertiary/aromatic N) is 5. The quantitative estimate of drug-likeness (QED) is 0.868. The van der Waals surface area contributed by atoms with Gasteiger partial charge in [0.05, 0.1) is 11.6 Å². The summed E-state index contributed by atoms with van der Waals surface area (Å²) in [6.45, 7) is 10.8. The molecule has 0 bridgehead atoms. The van der Waals surface area contributed by atoms with Crippen LogP contribution >= 0.6 is 0 Å². The van der Waals surface area contributed by atoms with Crippen LogP contribution in [0, 0.1) is 0 Å². The number of H-pyrrole nitrogens is 1. The highest BCUT2D eigenvalue weighted by Gasteiger charge is 2.27. The van der Waals surface area contributed by atoms with Gasteiger partial charge >= 0.3 is 0 Å². The normalized spacial score (nSPS) is 17.4. The van der Waals surface area contributed by atoms with E-state index in [-0.39, 0.29) is 5.54 Å². The minimum absolute atomic E-state index is 0.221. The maximum atomic E-state index is 4.63. The van der Waals surface area contributed by atoms with Crippen molar-refractivity contribution >= 4 is 22.8 Å². The van der Waals surface area contributed by atoms with E-state index in [1.165, 1.54) is 0 Å². The van der Waals surface area contributed by atoms with E-state index in [9.17, 15) is 0 Å². The van der Waals surface area contributed by atoms with Crippen LogP contribution in [0.3, 0.4) is 0 Å². The van der Waals surface area contributed by atoms with Crippen molar-refractivity contribution in [2.45, 2.75) is 26.3 Å². The highest BCUT2D eigenvalue weighted by molar-refractivity contribution is 5.87. The molecule has 1 saturated heterocycles. The Labute approximate surface area is 124 Å². The zero-order valence-electron chi connectivity index (χ0n) is 13.1. The Morgan fingerprint density at radius 3 is 2.48 bits per heavy atom. The first-order valence-electron chi connectivity index (χ1n) is 7.38. The fraction of sp³-hybridized carbons (Fsp3) is 0.643. The lowest BCUT2D eigenvalue weighted by Crippen LogP contribution is -2.53. The van der Waals surface area contributed by atoms with Crippen molar-refractivity contribution in [2.75, 3.05) is 43.4 Å². The maximum Gasteiger partial charge on any atom is 0.226 e. The third-order valence-electron chi connectivity index (χ3n) is 4.04. The predicted molar refractivity (Wildman–Crippen MR) is 84.8 cm³/mol. The summed E-state index contributed by atoms with van der Waals surface area (Å²) in [6, 6.07) is 0. The number of hydrogen-bond acceptors (Lipinski definition) is 6.